The maximum absolute atomic E-state index is 13.3. The van der Waals surface area contributed by atoms with Gasteiger partial charge < -0.3 is 14.8 Å². The van der Waals surface area contributed by atoms with E-state index in [9.17, 15) is 14.0 Å². The predicted octanol–water partition coefficient (Wildman–Crippen LogP) is 6.49. The van der Waals surface area contributed by atoms with Crippen molar-refractivity contribution in [2.75, 3.05) is 18.5 Å². The number of halogens is 2. The van der Waals surface area contributed by atoms with E-state index >= 15 is 0 Å². The lowest BCUT2D eigenvalue weighted by molar-refractivity contribution is -0.116. The van der Waals surface area contributed by atoms with Crippen LogP contribution >= 0.6 is 22.9 Å². The molecule has 168 valence electrons. The second kappa shape index (κ2) is 11.1. The van der Waals surface area contributed by atoms with Crippen LogP contribution in [0.2, 0.25) is 5.02 Å². The molecule has 3 rings (SSSR count). The van der Waals surface area contributed by atoms with Gasteiger partial charge in [0.2, 0.25) is 5.91 Å². The van der Waals surface area contributed by atoms with Crippen molar-refractivity contribution in [1.82, 2.24) is 0 Å². The molecule has 32 heavy (non-hydrogen) atoms. The van der Waals surface area contributed by atoms with Gasteiger partial charge in [-0.3, -0.25) is 4.79 Å². The van der Waals surface area contributed by atoms with Crippen LogP contribution in [0.5, 0.6) is 5.75 Å². The Morgan fingerprint density at radius 2 is 1.91 bits per heavy atom. The highest BCUT2D eigenvalue weighted by molar-refractivity contribution is 7.15. The summed E-state index contributed by atoms with van der Waals surface area (Å²) in [5, 5.41) is 5.63. The van der Waals surface area contributed by atoms with Gasteiger partial charge in [0, 0.05) is 22.4 Å². The molecule has 0 unspecified atom stereocenters. The quantitative estimate of drug-likeness (QED) is 0.284. The van der Waals surface area contributed by atoms with E-state index in [2.05, 4.69) is 5.32 Å². The summed E-state index contributed by atoms with van der Waals surface area (Å²) in [4.78, 5) is 25.0. The van der Waals surface area contributed by atoms with E-state index in [0.29, 0.717) is 39.9 Å². The summed E-state index contributed by atoms with van der Waals surface area (Å²) >= 11 is 7.23. The fourth-order valence-electron chi connectivity index (χ4n) is 3.02. The van der Waals surface area contributed by atoms with E-state index < -0.39 is 5.97 Å². The zero-order chi connectivity index (χ0) is 23.1. The summed E-state index contributed by atoms with van der Waals surface area (Å²) < 4.78 is 24.1. The van der Waals surface area contributed by atoms with Gasteiger partial charge in [-0.25, -0.2) is 9.18 Å². The van der Waals surface area contributed by atoms with Crippen molar-refractivity contribution in [2.45, 2.75) is 26.7 Å². The number of nitrogens with one attached hydrogen (secondary N) is 1. The molecule has 0 saturated heterocycles. The zero-order valence-corrected chi connectivity index (χ0v) is 19.3. The number of carbonyl (C=O) groups excluding carboxylic acids is 2. The highest BCUT2D eigenvalue weighted by Gasteiger charge is 2.22. The van der Waals surface area contributed by atoms with Crippen molar-refractivity contribution in [3.63, 3.8) is 0 Å². The molecule has 0 atom stereocenters. The lowest BCUT2D eigenvalue weighted by Crippen LogP contribution is -2.15. The number of thiophene rings is 1. The second-order valence-electron chi connectivity index (χ2n) is 6.99. The lowest BCUT2D eigenvalue weighted by Gasteiger charge is -2.10. The number of esters is 1. The maximum Gasteiger partial charge on any atom is 0.341 e. The van der Waals surface area contributed by atoms with E-state index in [0.717, 1.165) is 5.56 Å². The van der Waals surface area contributed by atoms with Crippen LogP contribution in [0.25, 0.3) is 11.1 Å². The summed E-state index contributed by atoms with van der Waals surface area (Å²) in [5.74, 6) is -0.450. The van der Waals surface area contributed by atoms with Crippen LogP contribution in [0.3, 0.4) is 0 Å². The number of benzene rings is 2. The SMILES string of the molecule is CCOC(=O)c1c(-c2ccc(F)cc2)csc1NC(=O)CCCOc1ccc(Cl)c(C)c1. The summed E-state index contributed by atoms with van der Waals surface area (Å²) in [6.07, 6.45) is 0.719. The number of aryl methyl sites for hydroxylation is 1. The smallest absolute Gasteiger partial charge is 0.341 e. The number of anilines is 1. The Hall–Kier alpha value is -2.90. The Bertz CT molecular complexity index is 1100. The van der Waals surface area contributed by atoms with Crippen molar-refractivity contribution < 1.29 is 23.5 Å². The van der Waals surface area contributed by atoms with Gasteiger partial charge in [-0.05, 0) is 61.7 Å². The number of ether oxygens (including phenoxy) is 2. The first-order chi connectivity index (χ1) is 15.4. The number of rotatable bonds is 9. The molecule has 0 saturated carbocycles. The van der Waals surface area contributed by atoms with Gasteiger partial charge >= 0.3 is 5.97 Å². The van der Waals surface area contributed by atoms with Gasteiger partial charge in [0.1, 0.15) is 22.1 Å². The largest absolute Gasteiger partial charge is 0.494 e. The van der Waals surface area contributed by atoms with Crippen molar-refractivity contribution in [2.24, 2.45) is 0 Å². The first-order valence-corrected chi connectivity index (χ1v) is 11.4. The standard InChI is InChI=1S/C24H23ClFNO4S/c1-3-30-24(29)22-19(16-6-8-17(26)9-7-16)14-32-23(22)27-21(28)5-4-12-31-18-10-11-20(25)15(2)13-18/h6-11,13-14H,3-5,12H2,1-2H3,(H,27,28). The lowest BCUT2D eigenvalue weighted by atomic mass is 10.0. The molecule has 5 nitrogen and oxygen atoms in total. The zero-order valence-electron chi connectivity index (χ0n) is 17.7. The molecule has 1 aromatic heterocycles. The molecular weight excluding hydrogens is 453 g/mol. The minimum atomic E-state index is -0.537. The molecule has 0 fully saturated rings. The Kier molecular flexibility index (Phi) is 8.25. The molecule has 3 aromatic rings. The van der Waals surface area contributed by atoms with Crippen LogP contribution in [-0.2, 0) is 9.53 Å². The second-order valence-corrected chi connectivity index (χ2v) is 8.28. The maximum atomic E-state index is 13.3. The first-order valence-electron chi connectivity index (χ1n) is 10.1. The van der Waals surface area contributed by atoms with Crippen LogP contribution in [-0.4, -0.2) is 25.1 Å². The number of carbonyl (C=O) groups is 2. The van der Waals surface area contributed by atoms with Gasteiger partial charge in [-0.2, -0.15) is 0 Å². The third kappa shape index (κ3) is 6.08. The van der Waals surface area contributed by atoms with Crippen molar-refractivity contribution >= 4 is 39.8 Å². The third-order valence-electron chi connectivity index (χ3n) is 4.63. The molecule has 0 bridgehead atoms. The Balaban J connectivity index is 1.63. The summed E-state index contributed by atoms with van der Waals surface area (Å²) in [6.45, 7) is 4.17. The predicted molar refractivity (Wildman–Crippen MR) is 125 cm³/mol. The molecule has 0 spiro atoms. The first kappa shape index (κ1) is 23.8. The Morgan fingerprint density at radius 3 is 2.59 bits per heavy atom. The molecule has 1 heterocycles. The van der Waals surface area contributed by atoms with E-state index in [4.69, 9.17) is 21.1 Å². The average molecular weight is 476 g/mol. The average Bonchev–Trinajstić information content (AvgIpc) is 3.18. The van der Waals surface area contributed by atoms with E-state index in [-0.39, 0.29) is 30.3 Å². The molecule has 2 aromatic carbocycles. The third-order valence-corrected chi connectivity index (χ3v) is 5.94. The Labute approximate surface area is 195 Å². The summed E-state index contributed by atoms with van der Waals surface area (Å²) in [6, 6.07) is 11.2. The van der Waals surface area contributed by atoms with Crippen LogP contribution in [0.1, 0.15) is 35.7 Å². The van der Waals surface area contributed by atoms with E-state index in [1.807, 2.05) is 13.0 Å². The van der Waals surface area contributed by atoms with E-state index in [1.54, 1.807) is 36.6 Å². The monoisotopic (exact) mass is 475 g/mol. The minimum Gasteiger partial charge on any atom is -0.494 e. The molecule has 1 N–H and O–H groups in total. The van der Waals surface area contributed by atoms with Gasteiger partial charge in [0.15, 0.2) is 0 Å². The highest BCUT2D eigenvalue weighted by atomic mass is 35.5. The molecule has 1 amide bonds. The normalized spacial score (nSPS) is 10.6. The van der Waals surface area contributed by atoms with Gasteiger partial charge in [0.05, 0.1) is 13.2 Å². The van der Waals surface area contributed by atoms with Crippen LogP contribution < -0.4 is 10.1 Å². The van der Waals surface area contributed by atoms with Crippen molar-refractivity contribution in [3.8, 4) is 16.9 Å². The van der Waals surface area contributed by atoms with Crippen LogP contribution in [0.4, 0.5) is 9.39 Å². The molecule has 8 heteroatoms. The number of hydrogen-bond acceptors (Lipinski definition) is 5. The van der Waals surface area contributed by atoms with Gasteiger partial charge in [-0.1, -0.05) is 23.7 Å². The summed E-state index contributed by atoms with van der Waals surface area (Å²) in [5.41, 5.74) is 2.44. The molecular formula is C24H23ClFNO4S. The minimum absolute atomic E-state index is 0.201. The summed E-state index contributed by atoms with van der Waals surface area (Å²) in [7, 11) is 0. The number of amides is 1. The molecule has 0 aliphatic rings. The van der Waals surface area contributed by atoms with Gasteiger partial charge in [0.25, 0.3) is 0 Å². The topological polar surface area (TPSA) is 64.6 Å². The fourth-order valence-corrected chi connectivity index (χ4v) is 4.11. The van der Waals surface area contributed by atoms with Crippen LogP contribution in [0.15, 0.2) is 47.8 Å². The van der Waals surface area contributed by atoms with Crippen molar-refractivity contribution in [1.29, 1.82) is 0 Å². The number of hydrogen-bond donors (Lipinski definition) is 1. The van der Waals surface area contributed by atoms with Crippen molar-refractivity contribution in [3.05, 3.63) is 69.8 Å². The molecule has 0 aliphatic carbocycles. The molecule has 0 aliphatic heterocycles. The highest BCUT2D eigenvalue weighted by Crippen LogP contribution is 2.36. The Morgan fingerprint density at radius 1 is 1.16 bits per heavy atom. The van der Waals surface area contributed by atoms with E-state index in [1.165, 1.54) is 23.5 Å². The van der Waals surface area contributed by atoms with Gasteiger partial charge in [-0.15, -0.1) is 11.3 Å². The molecule has 0 radical (unpaired) electrons. The fraction of sp³-hybridized carbons (Fsp3) is 0.250. The van der Waals surface area contributed by atoms with Crippen LogP contribution in [0, 0.1) is 12.7 Å².